The summed E-state index contributed by atoms with van der Waals surface area (Å²) in [7, 11) is 4.84. The first-order valence-corrected chi connectivity index (χ1v) is 19.5. The summed E-state index contributed by atoms with van der Waals surface area (Å²) >= 11 is 0. The van der Waals surface area contributed by atoms with Gasteiger partial charge in [0.25, 0.3) is 5.91 Å². The van der Waals surface area contributed by atoms with Gasteiger partial charge in [0.15, 0.2) is 23.7 Å². The molecule has 1 fully saturated rings. The van der Waals surface area contributed by atoms with E-state index in [2.05, 4.69) is 20.9 Å². The van der Waals surface area contributed by atoms with Crippen molar-refractivity contribution in [2.75, 3.05) is 30.9 Å². The number of anilines is 2. The van der Waals surface area contributed by atoms with E-state index in [0.29, 0.717) is 17.2 Å². The standard InChI is InChI=1S/C42H48N6O12/c1-19-24-14-42(57,29(50)18-49)15-28(35(24)40(55)36-33(19)38(53)23-8-7-9-27(58-6)34(23)39(36)54)60-32-13-25(37(52)20(2)59-32)43-11-10-31(51)45-22-12-26(48(5)16-22)41(56)46-30-17-47(4)21(3)44-30/h7-9,12,16-17,20,25,28,32,37,43,49,52,55,57H,10-11,13-15,18H2,1-6H3,(H,45,51)(H,46,56)/t20-,25-,28+,32?,37+,42?/m0/s1. The fourth-order valence-corrected chi connectivity index (χ4v) is 8.43. The average Bonchev–Trinajstić information content (AvgIpc) is 3.73. The number of methoxy groups -OCH3 is 1. The van der Waals surface area contributed by atoms with E-state index >= 15 is 0 Å². The Balaban J connectivity index is 1.07. The van der Waals surface area contributed by atoms with E-state index in [4.69, 9.17) is 14.2 Å². The Morgan fingerprint density at radius 3 is 2.48 bits per heavy atom. The highest BCUT2D eigenvalue weighted by molar-refractivity contribution is 6.31. The molecule has 0 spiro atoms. The summed E-state index contributed by atoms with van der Waals surface area (Å²) in [6.45, 7) is 4.12. The van der Waals surface area contributed by atoms with Crippen LogP contribution in [0.3, 0.4) is 0 Å². The maximum Gasteiger partial charge on any atom is 0.273 e. The lowest BCUT2D eigenvalue weighted by molar-refractivity contribution is -0.249. The Hall–Kier alpha value is -5.76. The minimum Gasteiger partial charge on any atom is -0.507 e. The van der Waals surface area contributed by atoms with Crippen LogP contribution in [0.15, 0.2) is 36.7 Å². The predicted octanol–water partition coefficient (Wildman–Crippen LogP) is 1.90. The Labute approximate surface area is 344 Å². The molecule has 0 saturated carbocycles. The number of ketones is 3. The zero-order valence-electron chi connectivity index (χ0n) is 34.0. The van der Waals surface area contributed by atoms with Crippen molar-refractivity contribution in [3.63, 3.8) is 0 Å². The monoisotopic (exact) mass is 828 g/mol. The number of ether oxygens (including phenoxy) is 3. The highest BCUT2D eigenvalue weighted by Crippen LogP contribution is 2.50. The molecule has 2 aromatic carbocycles. The second-order valence-electron chi connectivity index (χ2n) is 15.6. The van der Waals surface area contributed by atoms with Gasteiger partial charge in [0, 0.05) is 81.4 Å². The third kappa shape index (κ3) is 7.61. The first-order valence-electron chi connectivity index (χ1n) is 19.5. The van der Waals surface area contributed by atoms with Crippen LogP contribution in [0, 0.1) is 13.8 Å². The van der Waals surface area contributed by atoms with Crippen LogP contribution in [-0.2, 0) is 39.6 Å². The molecule has 18 heteroatoms. The molecule has 0 bridgehead atoms. The maximum absolute atomic E-state index is 14.1. The molecule has 2 aromatic heterocycles. The fraction of sp³-hybridized carbons (Fsp3) is 0.429. The molecular formula is C42H48N6O12. The second kappa shape index (κ2) is 16.4. The van der Waals surface area contributed by atoms with Gasteiger partial charge in [-0.05, 0) is 44.0 Å². The largest absolute Gasteiger partial charge is 0.507 e. The molecule has 1 saturated heterocycles. The summed E-state index contributed by atoms with van der Waals surface area (Å²) in [6, 6.07) is 5.45. The summed E-state index contributed by atoms with van der Waals surface area (Å²) in [4.78, 5) is 71.2. The lowest BCUT2D eigenvalue weighted by Crippen LogP contribution is -2.55. The number of phenolic OH excluding ortho intramolecular Hbond substituents is 1. The van der Waals surface area contributed by atoms with E-state index in [1.54, 1.807) is 54.6 Å². The van der Waals surface area contributed by atoms with E-state index in [-0.39, 0.29) is 76.4 Å². The van der Waals surface area contributed by atoms with Gasteiger partial charge >= 0.3 is 0 Å². The fourth-order valence-electron chi connectivity index (χ4n) is 8.43. The van der Waals surface area contributed by atoms with Crippen LogP contribution in [0.2, 0.25) is 0 Å². The highest BCUT2D eigenvalue weighted by atomic mass is 16.7. The van der Waals surface area contributed by atoms with Crippen molar-refractivity contribution in [3.05, 3.63) is 87.1 Å². The number of aryl methyl sites for hydroxylation is 3. The molecule has 318 valence electrons. The van der Waals surface area contributed by atoms with Crippen LogP contribution in [0.4, 0.5) is 11.5 Å². The number of aliphatic hydroxyl groups excluding tert-OH is 2. The molecule has 0 radical (unpaired) electrons. The van der Waals surface area contributed by atoms with Gasteiger partial charge in [0.2, 0.25) is 11.7 Å². The third-order valence-corrected chi connectivity index (χ3v) is 11.7. The zero-order valence-corrected chi connectivity index (χ0v) is 34.0. The lowest BCUT2D eigenvalue weighted by atomic mass is 9.70. The molecule has 3 heterocycles. The number of nitrogens with one attached hydrogen (secondary N) is 3. The second-order valence-corrected chi connectivity index (χ2v) is 15.6. The van der Waals surface area contributed by atoms with E-state index in [0.717, 1.165) is 5.82 Å². The van der Waals surface area contributed by atoms with Crippen molar-refractivity contribution in [3.8, 4) is 11.5 Å². The van der Waals surface area contributed by atoms with E-state index in [1.807, 2.05) is 14.0 Å². The van der Waals surface area contributed by atoms with Crippen molar-refractivity contribution in [2.24, 2.45) is 14.1 Å². The van der Waals surface area contributed by atoms with Crippen LogP contribution in [0.5, 0.6) is 11.5 Å². The summed E-state index contributed by atoms with van der Waals surface area (Å²) in [5.74, 6) is -2.17. The lowest BCUT2D eigenvalue weighted by Gasteiger charge is -2.43. The molecule has 7 rings (SSSR count). The number of carbonyl (C=O) groups is 5. The number of aromatic nitrogens is 3. The maximum atomic E-state index is 14.1. The number of hydrogen-bond acceptors (Lipinski definition) is 14. The van der Waals surface area contributed by atoms with Crippen molar-refractivity contribution < 1.29 is 58.6 Å². The Morgan fingerprint density at radius 1 is 1.05 bits per heavy atom. The number of amides is 2. The van der Waals surface area contributed by atoms with Gasteiger partial charge in [-0.1, -0.05) is 12.1 Å². The highest BCUT2D eigenvalue weighted by Gasteiger charge is 2.49. The van der Waals surface area contributed by atoms with Gasteiger partial charge in [-0.15, -0.1) is 0 Å². The van der Waals surface area contributed by atoms with Crippen LogP contribution >= 0.6 is 0 Å². The van der Waals surface area contributed by atoms with Gasteiger partial charge in [0.05, 0.1) is 42.2 Å². The first kappa shape index (κ1) is 42.4. The number of rotatable bonds is 12. The van der Waals surface area contributed by atoms with Crippen LogP contribution in [-0.4, -0.2) is 114 Å². The average molecular weight is 829 g/mol. The molecule has 2 aliphatic carbocycles. The molecule has 6 atom stereocenters. The van der Waals surface area contributed by atoms with Gasteiger partial charge in [-0.2, -0.15) is 0 Å². The number of aromatic hydroxyl groups is 1. The molecule has 2 unspecified atom stereocenters. The molecule has 4 aromatic rings. The number of benzene rings is 2. The number of fused-ring (bicyclic) bond motifs is 3. The topological polar surface area (TPSA) is 253 Å². The smallest absolute Gasteiger partial charge is 0.273 e. The summed E-state index contributed by atoms with van der Waals surface area (Å²) < 4.78 is 21.2. The zero-order chi connectivity index (χ0) is 43.4. The first-order chi connectivity index (χ1) is 28.5. The van der Waals surface area contributed by atoms with Gasteiger partial charge in [-0.25, -0.2) is 4.98 Å². The number of imidazole rings is 1. The van der Waals surface area contributed by atoms with E-state index in [1.165, 1.54) is 19.2 Å². The molecule has 1 aliphatic heterocycles. The molecular weight excluding hydrogens is 780 g/mol. The van der Waals surface area contributed by atoms with Crippen molar-refractivity contribution >= 4 is 40.7 Å². The number of hydrogen-bond donors (Lipinski definition) is 7. The normalized spacial score (nSPS) is 23.4. The van der Waals surface area contributed by atoms with Crippen molar-refractivity contribution in [2.45, 2.75) is 82.7 Å². The Morgan fingerprint density at radius 2 is 1.80 bits per heavy atom. The van der Waals surface area contributed by atoms with Crippen molar-refractivity contribution in [1.29, 1.82) is 0 Å². The number of phenols is 1. The number of carbonyl (C=O) groups excluding carboxylic acids is 5. The van der Waals surface area contributed by atoms with Gasteiger partial charge in [-0.3, -0.25) is 24.0 Å². The Kier molecular flexibility index (Phi) is 11.6. The van der Waals surface area contributed by atoms with Crippen molar-refractivity contribution in [1.82, 2.24) is 19.4 Å². The van der Waals surface area contributed by atoms with Gasteiger partial charge < -0.3 is 59.7 Å². The summed E-state index contributed by atoms with van der Waals surface area (Å²) in [5, 5.41) is 53.2. The van der Waals surface area contributed by atoms with E-state index in [9.17, 15) is 44.4 Å². The number of nitrogens with zero attached hydrogens (tertiary/aromatic N) is 3. The molecule has 7 N–H and O–H groups in total. The van der Waals surface area contributed by atoms with Gasteiger partial charge in [0.1, 0.15) is 35.2 Å². The molecule has 3 aliphatic rings. The van der Waals surface area contributed by atoms with Crippen LogP contribution in [0.1, 0.15) is 97.1 Å². The summed E-state index contributed by atoms with van der Waals surface area (Å²) in [6.07, 6.45) is -1.75. The SMILES string of the molecule is COc1cccc2c1C(=O)c1c(O)c3c(c(C)c1C2=O)CC(O)(C(=O)CO)C[C@H]3OC1C[C@H](NCCC(=O)Nc2cc(C(=O)Nc3cn(C)c(C)n3)n(C)c2)[C@H](O)[C@H](C)O1. The third-order valence-electron chi connectivity index (χ3n) is 11.7. The Bertz CT molecular complexity index is 2400. The number of Topliss-reactive ketones (excluding diaryl/α,β-unsaturated/α-hetero) is 1. The molecule has 2 amide bonds. The minimum absolute atomic E-state index is 0.0130. The predicted molar refractivity (Wildman–Crippen MR) is 213 cm³/mol. The van der Waals surface area contributed by atoms with Crippen LogP contribution < -0.4 is 20.7 Å². The molecule has 60 heavy (non-hydrogen) atoms. The quantitative estimate of drug-likeness (QED) is 0.0949. The van der Waals surface area contributed by atoms with Crippen LogP contribution in [0.25, 0.3) is 0 Å². The van der Waals surface area contributed by atoms with E-state index < -0.39 is 78.3 Å². The minimum atomic E-state index is -2.17. The number of aliphatic hydroxyl groups is 3. The molecule has 18 nitrogen and oxygen atoms in total. The summed E-state index contributed by atoms with van der Waals surface area (Å²) in [5.41, 5.74) is -1.21.